The molecule has 0 bridgehead atoms. The molecule has 1 heterocycles. The standard InChI is InChI=1S/C31H34ClN3O7S/c1-7-28(29(36)33-19-9-11-23(38-2)21(32)15-19)43-31-34-22-17-27(42-6)26(41-5)16-20(22)30(37)35(31)13-12-18-8-10-24(39-3)25(14-18)40-4/h8-11,14-17,28H,7,12-13H2,1-6H3,(H,33,36)/t28-/m0/s1. The summed E-state index contributed by atoms with van der Waals surface area (Å²) in [5.74, 6) is 2.33. The number of rotatable bonds is 13. The van der Waals surface area contributed by atoms with Crippen molar-refractivity contribution in [3.8, 4) is 28.7 Å². The zero-order valence-corrected chi connectivity index (χ0v) is 26.4. The minimum atomic E-state index is -0.558. The lowest BCUT2D eigenvalue weighted by Gasteiger charge is -2.19. The molecule has 4 aromatic rings. The number of carbonyl (C=O) groups is 1. The van der Waals surface area contributed by atoms with Gasteiger partial charge in [-0.15, -0.1) is 0 Å². The SMILES string of the molecule is CC[C@H](Sc1nc2cc(OC)c(OC)cc2c(=O)n1CCc1ccc(OC)c(OC)c1)C(=O)Nc1ccc(OC)c(Cl)c1. The summed E-state index contributed by atoms with van der Waals surface area (Å²) in [5, 5.41) is 3.51. The van der Waals surface area contributed by atoms with Gasteiger partial charge in [0.1, 0.15) is 5.75 Å². The van der Waals surface area contributed by atoms with Gasteiger partial charge in [0.05, 0.1) is 56.7 Å². The fraction of sp³-hybridized carbons (Fsp3) is 0.323. The van der Waals surface area contributed by atoms with E-state index in [2.05, 4.69) is 5.32 Å². The zero-order chi connectivity index (χ0) is 31.1. The van der Waals surface area contributed by atoms with Gasteiger partial charge in [0.15, 0.2) is 28.2 Å². The van der Waals surface area contributed by atoms with Crippen molar-refractivity contribution in [3.05, 3.63) is 69.5 Å². The Balaban J connectivity index is 1.71. The average molecular weight is 628 g/mol. The van der Waals surface area contributed by atoms with Crippen molar-refractivity contribution in [1.82, 2.24) is 9.55 Å². The maximum Gasteiger partial charge on any atom is 0.262 e. The van der Waals surface area contributed by atoms with Crippen LogP contribution >= 0.6 is 23.4 Å². The number of methoxy groups -OCH3 is 5. The number of hydrogen-bond donors (Lipinski definition) is 1. The first-order valence-electron chi connectivity index (χ1n) is 13.4. The van der Waals surface area contributed by atoms with E-state index in [0.29, 0.717) is 74.9 Å². The number of ether oxygens (including phenoxy) is 5. The highest BCUT2D eigenvalue weighted by atomic mass is 35.5. The Bertz CT molecular complexity index is 1680. The molecule has 0 aliphatic carbocycles. The Morgan fingerprint density at radius 3 is 2.14 bits per heavy atom. The van der Waals surface area contributed by atoms with Gasteiger partial charge in [0.25, 0.3) is 5.56 Å². The Kier molecular flexibility index (Phi) is 10.7. The minimum absolute atomic E-state index is 0.248. The van der Waals surface area contributed by atoms with Gasteiger partial charge in [-0.25, -0.2) is 4.98 Å². The summed E-state index contributed by atoms with van der Waals surface area (Å²) in [7, 11) is 7.71. The molecule has 12 heteroatoms. The van der Waals surface area contributed by atoms with Gasteiger partial charge in [0.2, 0.25) is 5.91 Å². The molecule has 1 aromatic heterocycles. The van der Waals surface area contributed by atoms with Gasteiger partial charge < -0.3 is 29.0 Å². The molecule has 1 N–H and O–H groups in total. The molecule has 0 aliphatic rings. The number of anilines is 1. The first-order chi connectivity index (χ1) is 20.8. The second-order valence-electron chi connectivity index (χ2n) is 9.37. The molecule has 1 amide bonds. The average Bonchev–Trinajstić information content (AvgIpc) is 3.02. The van der Waals surface area contributed by atoms with Gasteiger partial charge in [-0.3, -0.25) is 14.2 Å². The molecule has 1 atom stereocenters. The summed E-state index contributed by atoms with van der Waals surface area (Å²) in [6.45, 7) is 2.21. The number of amides is 1. The van der Waals surface area contributed by atoms with Crippen molar-refractivity contribution in [2.75, 3.05) is 40.9 Å². The second kappa shape index (κ2) is 14.4. The van der Waals surface area contributed by atoms with Crippen LogP contribution < -0.4 is 34.6 Å². The number of thioether (sulfide) groups is 1. The lowest BCUT2D eigenvalue weighted by Crippen LogP contribution is -2.28. The van der Waals surface area contributed by atoms with Crippen molar-refractivity contribution >= 4 is 45.9 Å². The summed E-state index contributed by atoms with van der Waals surface area (Å²) in [5.41, 5.74) is 1.65. The van der Waals surface area contributed by atoms with Gasteiger partial charge in [-0.1, -0.05) is 36.4 Å². The molecular formula is C31H34ClN3O7S. The van der Waals surface area contributed by atoms with E-state index in [9.17, 15) is 9.59 Å². The lowest BCUT2D eigenvalue weighted by molar-refractivity contribution is -0.115. The van der Waals surface area contributed by atoms with E-state index in [4.69, 9.17) is 40.3 Å². The fourth-order valence-corrected chi connectivity index (χ4v) is 5.81. The van der Waals surface area contributed by atoms with Crippen LogP contribution in [-0.2, 0) is 17.8 Å². The molecule has 228 valence electrons. The molecule has 3 aromatic carbocycles. The van der Waals surface area contributed by atoms with E-state index in [1.165, 1.54) is 33.1 Å². The van der Waals surface area contributed by atoms with E-state index in [1.54, 1.807) is 49.1 Å². The Hall–Kier alpha value is -4.09. The number of nitrogens with one attached hydrogen (secondary N) is 1. The highest BCUT2D eigenvalue weighted by Gasteiger charge is 2.23. The quantitative estimate of drug-likeness (QED) is 0.144. The van der Waals surface area contributed by atoms with Crippen LogP contribution in [0.3, 0.4) is 0 Å². The van der Waals surface area contributed by atoms with Crippen molar-refractivity contribution in [1.29, 1.82) is 0 Å². The Morgan fingerprint density at radius 1 is 0.884 bits per heavy atom. The predicted molar refractivity (Wildman–Crippen MR) is 169 cm³/mol. The molecule has 4 rings (SSSR count). The van der Waals surface area contributed by atoms with Crippen molar-refractivity contribution in [2.24, 2.45) is 0 Å². The van der Waals surface area contributed by atoms with E-state index in [1.807, 2.05) is 25.1 Å². The summed E-state index contributed by atoms with van der Waals surface area (Å²) < 4.78 is 28.5. The third-order valence-corrected chi connectivity index (χ3v) is 8.48. The van der Waals surface area contributed by atoms with Crippen LogP contribution in [0.4, 0.5) is 5.69 Å². The fourth-order valence-electron chi connectivity index (χ4n) is 4.51. The molecule has 0 unspecified atom stereocenters. The number of nitrogens with zero attached hydrogens (tertiary/aromatic N) is 2. The molecule has 0 saturated carbocycles. The number of halogens is 1. The van der Waals surface area contributed by atoms with Crippen molar-refractivity contribution < 1.29 is 28.5 Å². The Morgan fingerprint density at radius 2 is 1.51 bits per heavy atom. The molecule has 0 spiro atoms. The van der Waals surface area contributed by atoms with Gasteiger partial charge in [0, 0.05) is 18.3 Å². The molecule has 0 aliphatic heterocycles. The number of fused-ring (bicyclic) bond motifs is 1. The van der Waals surface area contributed by atoms with E-state index in [-0.39, 0.29) is 11.5 Å². The minimum Gasteiger partial charge on any atom is -0.495 e. The Labute approximate surface area is 259 Å². The largest absolute Gasteiger partial charge is 0.495 e. The number of aryl methyl sites for hydroxylation is 1. The van der Waals surface area contributed by atoms with Crippen LogP contribution in [0.2, 0.25) is 5.02 Å². The summed E-state index contributed by atoms with van der Waals surface area (Å²) in [4.78, 5) is 32.2. The van der Waals surface area contributed by atoms with Crippen LogP contribution in [-0.4, -0.2) is 56.3 Å². The molecule has 0 fully saturated rings. The third-order valence-electron chi connectivity index (χ3n) is 6.83. The van der Waals surface area contributed by atoms with E-state index in [0.717, 1.165) is 5.56 Å². The maximum absolute atomic E-state index is 13.9. The van der Waals surface area contributed by atoms with Gasteiger partial charge in [-0.2, -0.15) is 0 Å². The monoisotopic (exact) mass is 627 g/mol. The molecule has 0 saturated heterocycles. The van der Waals surface area contributed by atoms with Crippen LogP contribution in [0.25, 0.3) is 10.9 Å². The smallest absolute Gasteiger partial charge is 0.262 e. The van der Waals surface area contributed by atoms with Crippen LogP contribution in [0.5, 0.6) is 28.7 Å². The summed E-state index contributed by atoms with van der Waals surface area (Å²) in [6, 6.07) is 13.9. The van der Waals surface area contributed by atoms with Crippen molar-refractivity contribution in [2.45, 2.75) is 36.7 Å². The molecule has 43 heavy (non-hydrogen) atoms. The number of aromatic nitrogens is 2. The van der Waals surface area contributed by atoms with Crippen LogP contribution in [0, 0.1) is 0 Å². The van der Waals surface area contributed by atoms with E-state index >= 15 is 0 Å². The summed E-state index contributed by atoms with van der Waals surface area (Å²) >= 11 is 7.48. The first kappa shape index (κ1) is 31.8. The second-order valence-corrected chi connectivity index (χ2v) is 10.9. The number of benzene rings is 3. The summed E-state index contributed by atoms with van der Waals surface area (Å²) in [6.07, 6.45) is 0.984. The highest BCUT2D eigenvalue weighted by Crippen LogP contribution is 2.33. The van der Waals surface area contributed by atoms with Gasteiger partial charge >= 0.3 is 0 Å². The zero-order valence-electron chi connectivity index (χ0n) is 24.9. The number of carbonyl (C=O) groups excluding carboxylic acids is 1. The topological polar surface area (TPSA) is 110 Å². The first-order valence-corrected chi connectivity index (χ1v) is 14.7. The van der Waals surface area contributed by atoms with Crippen LogP contribution in [0.1, 0.15) is 18.9 Å². The van der Waals surface area contributed by atoms with Gasteiger partial charge in [-0.05, 0) is 54.8 Å². The lowest BCUT2D eigenvalue weighted by atomic mass is 10.1. The molecule has 0 radical (unpaired) electrons. The van der Waals surface area contributed by atoms with Crippen molar-refractivity contribution in [3.63, 3.8) is 0 Å². The number of hydrogen-bond acceptors (Lipinski definition) is 9. The maximum atomic E-state index is 13.9. The highest BCUT2D eigenvalue weighted by molar-refractivity contribution is 8.00. The predicted octanol–water partition coefficient (Wildman–Crippen LogP) is 5.85. The van der Waals surface area contributed by atoms with Crippen LogP contribution in [0.15, 0.2) is 58.5 Å². The van der Waals surface area contributed by atoms with E-state index < -0.39 is 5.25 Å². The molecular weight excluding hydrogens is 594 g/mol. The molecule has 10 nitrogen and oxygen atoms in total. The third kappa shape index (κ3) is 7.11. The normalized spacial score (nSPS) is 11.6.